The molecule has 0 aliphatic carbocycles. The molecule has 30 heavy (non-hydrogen) atoms. The molecular weight excluding hydrogens is 426 g/mol. The van der Waals surface area contributed by atoms with Crippen molar-refractivity contribution in [1.29, 1.82) is 0 Å². The maximum atomic E-state index is 13.4. The fourth-order valence-corrected chi connectivity index (χ4v) is 2.83. The van der Waals surface area contributed by atoms with E-state index in [1.807, 2.05) is 6.92 Å². The van der Waals surface area contributed by atoms with E-state index in [-0.39, 0.29) is 30.8 Å². The molecule has 0 aromatic heterocycles. The zero-order valence-electron chi connectivity index (χ0n) is 16.6. The zero-order chi connectivity index (χ0) is 22.8. The van der Waals surface area contributed by atoms with E-state index in [1.165, 1.54) is 12.1 Å². The van der Waals surface area contributed by atoms with Crippen molar-refractivity contribution < 1.29 is 41.9 Å². The van der Waals surface area contributed by atoms with Crippen LogP contribution in [0.25, 0.3) is 0 Å². The highest BCUT2D eigenvalue weighted by Gasteiger charge is 2.35. The highest BCUT2D eigenvalue weighted by molar-refractivity contribution is 7.46. The van der Waals surface area contributed by atoms with Crippen molar-refractivity contribution in [2.45, 2.75) is 50.7 Å². The second-order valence-corrected chi connectivity index (χ2v) is 8.10. The van der Waals surface area contributed by atoms with E-state index >= 15 is 0 Å². The zero-order valence-corrected chi connectivity index (χ0v) is 17.5. The van der Waals surface area contributed by atoms with Gasteiger partial charge < -0.3 is 25.4 Å². The molecule has 0 saturated carbocycles. The van der Waals surface area contributed by atoms with Gasteiger partial charge in [0.15, 0.2) is 0 Å². The number of aryl methyl sites for hydroxylation is 1. The summed E-state index contributed by atoms with van der Waals surface area (Å²) in [4.78, 5) is 17.5. The largest absolute Gasteiger partial charge is 0.480 e. The molecule has 0 bridgehead atoms. The van der Waals surface area contributed by atoms with Gasteiger partial charge in [0.1, 0.15) is 12.4 Å². The monoisotopic (exact) mass is 453 g/mol. The lowest BCUT2D eigenvalue weighted by Crippen LogP contribution is -2.48. The van der Waals surface area contributed by atoms with Crippen LogP contribution >= 0.6 is 7.82 Å². The Bertz CT molecular complexity index is 787. The first-order chi connectivity index (χ1) is 13.9. The molecule has 0 aliphatic rings. The number of unbranched alkanes of at least 4 members (excludes halogenated alkanes) is 2. The SMILES string of the molecule is CCCCC#CCOc1ccc(CCC(N)(CO)COP(=O)(O)O)cc1C(F)(F)F. The molecule has 1 aromatic rings. The smallest absolute Gasteiger partial charge is 0.469 e. The van der Waals surface area contributed by atoms with E-state index in [1.54, 1.807) is 0 Å². The van der Waals surface area contributed by atoms with Gasteiger partial charge in [-0.2, -0.15) is 13.2 Å². The first-order valence-electron chi connectivity index (χ1n) is 9.28. The second-order valence-electron chi connectivity index (χ2n) is 6.86. The molecule has 11 heteroatoms. The molecule has 0 radical (unpaired) electrons. The van der Waals surface area contributed by atoms with Gasteiger partial charge in [-0.05, 0) is 37.0 Å². The summed E-state index contributed by atoms with van der Waals surface area (Å²) in [5.74, 6) is 5.16. The Morgan fingerprint density at radius 3 is 2.50 bits per heavy atom. The van der Waals surface area contributed by atoms with E-state index < -0.39 is 38.3 Å². The number of phosphoric acid groups is 1. The van der Waals surface area contributed by atoms with Crippen LogP contribution in [0.1, 0.15) is 43.7 Å². The first-order valence-corrected chi connectivity index (χ1v) is 10.8. The third kappa shape index (κ3) is 9.94. The van der Waals surface area contributed by atoms with Crippen LogP contribution in [-0.2, 0) is 21.7 Å². The number of rotatable bonds is 11. The predicted molar refractivity (Wildman–Crippen MR) is 105 cm³/mol. The van der Waals surface area contributed by atoms with E-state index in [0.29, 0.717) is 6.42 Å². The number of aliphatic hydroxyl groups excluding tert-OH is 1. The van der Waals surface area contributed by atoms with Crippen molar-refractivity contribution in [3.05, 3.63) is 29.3 Å². The van der Waals surface area contributed by atoms with Crippen LogP contribution in [0.15, 0.2) is 18.2 Å². The minimum atomic E-state index is -4.80. The highest BCUT2D eigenvalue weighted by atomic mass is 31.2. The predicted octanol–water partition coefficient (Wildman–Crippen LogP) is 3.01. The Hall–Kier alpha value is -1.60. The third-order valence-electron chi connectivity index (χ3n) is 4.18. The number of alkyl halides is 3. The Balaban J connectivity index is 2.86. The lowest BCUT2D eigenvalue weighted by atomic mass is 9.93. The number of hydrogen-bond donors (Lipinski definition) is 4. The summed E-state index contributed by atoms with van der Waals surface area (Å²) in [5.41, 5.74) is 3.62. The number of phosphoric ester groups is 1. The molecule has 1 rings (SSSR count). The van der Waals surface area contributed by atoms with Crippen molar-refractivity contribution in [3.63, 3.8) is 0 Å². The van der Waals surface area contributed by atoms with E-state index in [2.05, 4.69) is 16.4 Å². The summed E-state index contributed by atoms with van der Waals surface area (Å²) >= 11 is 0. The normalized spacial score (nSPS) is 14.0. The molecule has 1 aromatic carbocycles. The van der Waals surface area contributed by atoms with Crippen molar-refractivity contribution in [3.8, 4) is 17.6 Å². The van der Waals surface area contributed by atoms with Gasteiger partial charge >= 0.3 is 14.0 Å². The Morgan fingerprint density at radius 2 is 1.93 bits per heavy atom. The molecule has 1 unspecified atom stereocenters. The summed E-state index contributed by atoms with van der Waals surface area (Å²) < 4.78 is 60.5. The minimum Gasteiger partial charge on any atom is -0.480 e. The van der Waals surface area contributed by atoms with Crippen LogP contribution in [0.4, 0.5) is 13.2 Å². The molecule has 5 N–H and O–H groups in total. The van der Waals surface area contributed by atoms with Crippen molar-refractivity contribution in [1.82, 2.24) is 0 Å². The number of benzene rings is 1. The van der Waals surface area contributed by atoms with Crippen LogP contribution in [0.5, 0.6) is 5.75 Å². The Morgan fingerprint density at radius 1 is 1.23 bits per heavy atom. The van der Waals surface area contributed by atoms with Crippen LogP contribution in [-0.4, -0.2) is 40.3 Å². The van der Waals surface area contributed by atoms with Gasteiger partial charge in [-0.15, -0.1) is 0 Å². The quantitative estimate of drug-likeness (QED) is 0.231. The Kier molecular flexibility index (Phi) is 10.3. The van der Waals surface area contributed by atoms with Crippen molar-refractivity contribution in [2.24, 2.45) is 5.73 Å². The number of nitrogens with two attached hydrogens (primary N) is 1. The molecular formula is C19H27F3NO6P. The summed E-state index contributed by atoms with van der Waals surface area (Å²) in [5, 5.41) is 9.39. The molecule has 0 spiro atoms. The van der Waals surface area contributed by atoms with E-state index in [4.69, 9.17) is 20.3 Å². The van der Waals surface area contributed by atoms with E-state index in [9.17, 15) is 22.8 Å². The van der Waals surface area contributed by atoms with E-state index in [0.717, 1.165) is 18.9 Å². The molecule has 1 atom stereocenters. The summed E-state index contributed by atoms with van der Waals surface area (Å²) in [6.45, 7) is 0.520. The topological polar surface area (TPSA) is 122 Å². The molecule has 0 saturated heterocycles. The molecule has 0 heterocycles. The summed E-state index contributed by atoms with van der Waals surface area (Å²) in [6, 6.07) is 3.54. The van der Waals surface area contributed by atoms with Gasteiger partial charge in [0.25, 0.3) is 0 Å². The van der Waals surface area contributed by atoms with Gasteiger partial charge in [0, 0.05) is 6.42 Å². The van der Waals surface area contributed by atoms with Gasteiger partial charge in [-0.3, -0.25) is 4.52 Å². The standard InChI is InChI=1S/C19H27F3NO6P/c1-2-3-4-5-6-11-28-17-8-7-15(12-16(17)19(20,21)22)9-10-18(23,13-24)14-29-30(25,26)27/h7-8,12,24H,2-4,9-11,13-14,23H2,1H3,(H2,25,26,27). The second kappa shape index (κ2) is 11.7. The number of hydrogen-bond acceptors (Lipinski definition) is 5. The summed E-state index contributed by atoms with van der Waals surface area (Å²) in [6.07, 6.45) is -2.17. The van der Waals surface area contributed by atoms with Gasteiger partial charge in [-0.25, -0.2) is 4.57 Å². The number of halogens is 3. The maximum Gasteiger partial charge on any atom is 0.469 e. The number of aliphatic hydroxyl groups is 1. The van der Waals surface area contributed by atoms with Crippen LogP contribution in [0.2, 0.25) is 0 Å². The first kappa shape index (κ1) is 26.4. The van der Waals surface area contributed by atoms with Crippen LogP contribution in [0.3, 0.4) is 0 Å². The third-order valence-corrected chi connectivity index (χ3v) is 4.64. The van der Waals surface area contributed by atoms with Gasteiger partial charge in [0.05, 0.1) is 24.3 Å². The average Bonchev–Trinajstić information content (AvgIpc) is 2.66. The molecule has 0 amide bonds. The summed E-state index contributed by atoms with van der Waals surface area (Å²) in [7, 11) is -4.80. The lowest BCUT2D eigenvalue weighted by Gasteiger charge is -2.27. The number of ether oxygens (including phenoxy) is 1. The minimum absolute atomic E-state index is 0.0156. The van der Waals surface area contributed by atoms with Crippen LogP contribution < -0.4 is 10.5 Å². The van der Waals surface area contributed by atoms with Crippen LogP contribution in [0, 0.1) is 11.8 Å². The maximum absolute atomic E-state index is 13.4. The van der Waals surface area contributed by atoms with Crippen molar-refractivity contribution in [2.75, 3.05) is 19.8 Å². The molecule has 170 valence electrons. The highest BCUT2D eigenvalue weighted by Crippen LogP contribution is 2.38. The fourth-order valence-electron chi connectivity index (χ4n) is 2.40. The Labute approximate surface area is 173 Å². The molecule has 7 nitrogen and oxygen atoms in total. The average molecular weight is 453 g/mol. The van der Waals surface area contributed by atoms with Gasteiger partial charge in [-0.1, -0.05) is 31.3 Å². The fraction of sp³-hybridized carbons (Fsp3) is 0.579. The lowest BCUT2D eigenvalue weighted by molar-refractivity contribution is -0.138. The molecule has 0 fully saturated rings. The van der Waals surface area contributed by atoms with Gasteiger partial charge in [0.2, 0.25) is 0 Å². The van der Waals surface area contributed by atoms with Crippen molar-refractivity contribution >= 4 is 7.82 Å². The molecule has 0 aliphatic heterocycles.